The maximum atomic E-state index is 6.12. The van der Waals surface area contributed by atoms with E-state index < -0.39 is 0 Å². The lowest BCUT2D eigenvalue weighted by molar-refractivity contribution is 1.13. The quantitative estimate of drug-likeness (QED) is 0.821. The summed E-state index contributed by atoms with van der Waals surface area (Å²) in [6.07, 6.45) is 6.46. The van der Waals surface area contributed by atoms with Crippen LogP contribution in [0.3, 0.4) is 0 Å². The topological polar surface area (TPSA) is 26.0 Å². The van der Waals surface area contributed by atoms with Gasteiger partial charge in [-0.1, -0.05) is 66.2 Å². The predicted octanol–water partition coefficient (Wildman–Crippen LogP) is 2.20. The van der Waals surface area contributed by atoms with E-state index in [0.717, 1.165) is 10.9 Å². The molecule has 0 spiro atoms. The van der Waals surface area contributed by atoms with E-state index in [4.69, 9.17) is 5.73 Å². The lowest BCUT2D eigenvalue weighted by atomic mass is 9.97. The monoisotopic (exact) mass is 247 g/mol. The van der Waals surface area contributed by atoms with Crippen LogP contribution in [0.5, 0.6) is 0 Å². The van der Waals surface area contributed by atoms with E-state index in [1.807, 2.05) is 12.1 Å². The molecule has 1 unspecified atom stereocenters. The van der Waals surface area contributed by atoms with Crippen LogP contribution in [0.15, 0.2) is 60.7 Å². The Balaban J connectivity index is 2.15. The lowest BCUT2D eigenvalue weighted by Crippen LogP contribution is -2.28. The summed E-state index contributed by atoms with van der Waals surface area (Å²) in [6.45, 7) is 2.11. The van der Waals surface area contributed by atoms with Gasteiger partial charge in [0.15, 0.2) is 0 Å². The maximum absolute atomic E-state index is 6.12. The van der Waals surface area contributed by atoms with Crippen molar-refractivity contribution in [2.75, 3.05) is 0 Å². The van der Waals surface area contributed by atoms with E-state index in [0.29, 0.717) is 0 Å². The first kappa shape index (κ1) is 11.8. The van der Waals surface area contributed by atoms with Gasteiger partial charge in [-0.3, -0.25) is 0 Å². The smallest absolute Gasteiger partial charge is 0.0390 e. The summed E-state index contributed by atoms with van der Waals surface area (Å²) in [7, 11) is 0. The third kappa shape index (κ3) is 2.32. The fraction of sp³-hybridized carbons (Fsp3) is 0.111. The number of allylic oxidation sites excluding steroid dienone is 1. The first-order chi connectivity index (χ1) is 9.24. The largest absolute Gasteiger partial charge is 0.398 e. The van der Waals surface area contributed by atoms with Crippen LogP contribution in [0.2, 0.25) is 0 Å². The van der Waals surface area contributed by atoms with E-state index in [9.17, 15) is 0 Å². The number of benzene rings is 2. The second-order valence-electron chi connectivity index (χ2n) is 5.00. The molecule has 2 aromatic rings. The van der Waals surface area contributed by atoms with Crippen LogP contribution in [0, 0.1) is 6.92 Å². The van der Waals surface area contributed by atoms with Gasteiger partial charge in [0.2, 0.25) is 0 Å². The normalized spacial score (nSPS) is 17.5. The summed E-state index contributed by atoms with van der Waals surface area (Å²) < 4.78 is 0. The van der Waals surface area contributed by atoms with Crippen LogP contribution in [-0.4, -0.2) is 0 Å². The maximum Gasteiger partial charge on any atom is 0.0390 e. The molecule has 1 nitrogen and oxygen atoms in total. The van der Waals surface area contributed by atoms with Gasteiger partial charge in [-0.2, -0.15) is 0 Å². The van der Waals surface area contributed by atoms with Crippen LogP contribution >= 0.6 is 0 Å². The van der Waals surface area contributed by atoms with Crippen molar-refractivity contribution in [3.05, 3.63) is 82.2 Å². The Morgan fingerprint density at radius 2 is 1.68 bits per heavy atom. The summed E-state index contributed by atoms with van der Waals surface area (Å²) in [5, 5.41) is 2.32. The molecule has 0 fully saturated rings. The molecule has 94 valence electrons. The molecule has 1 heteroatoms. The fourth-order valence-electron chi connectivity index (χ4n) is 2.45. The summed E-state index contributed by atoms with van der Waals surface area (Å²) >= 11 is 0. The van der Waals surface area contributed by atoms with E-state index >= 15 is 0 Å². The molecular formula is C18H17N. The van der Waals surface area contributed by atoms with Gasteiger partial charge in [0.05, 0.1) is 0 Å². The zero-order valence-corrected chi connectivity index (χ0v) is 11.0. The van der Waals surface area contributed by atoms with E-state index in [-0.39, 0.29) is 5.92 Å². The number of hydrogen-bond donors (Lipinski definition) is 1. The van der Waals surface area contributed by atoms with Gasteiger partial charge < -0.3 is 5.73 Å². The third-order valence-electron chi connectivity index (χ3n) is 3.58. The third-order valence-corrected chi connectivity index (χ3v) is 3.58. The number of hydrogen-bond acceptors (Lipinski definition) is 1. The lowest BCUT2D eigenvalue weighted by Gasteiger charge is -2.08. The number of aryl methyl sites for hydroxylation is 1. The van der Waals surface area contributed by atoms with Crippen molar-refractivity contribution in [1.82, 2.24) is 0 Å². The number of nitrogens with two attached hydrogens (primary N) is 1. The summed E-state index contributed by atoms with van der Waals surface area (Å²) in [5.41, 5.74) is 9.54. The second kappa shape index (κ2) is 4.77. The molecule has 0 aliphatic heterocycles. The zero-order chi connectivity index (χ0) is 13.2. The van der Waals surface area contributed by atoms with Crippen LogP contribution in [0.4, 0.5) is 0 Å². The molecule has 2 aromatic carbocycles. The summed E-state index contributed by atoms with van der Waals surface area (Å²) in [5.74, 6) is 0.280. The van der Waals surface area contributed by atoms with Gasteiger partial charge in [-0.05, 0) is 23.8 Å². The van der Waals surface area contributed by atoms with E-state index in [1.165, 1.54) is 16.3 Å². The number of fused-ring (bicyclic) bond motifs is 1. The molecule has 0 saturated heterocycles. The average molecular weight is 247 g/mol. The first-order valence-corrected chi connectivity index (χ1v) is 6.55. The van der Waals surface area contributed by atoms with Gasteiger partial charge in [-0.25, -0.2) is 0 Å². The van der Waals surface area contributed by atoms with Gasteiger partial charge in [0, 0.05) is 16.8 Å². The Hall–Kier alpha value is -2.28. The molecule has 0 heterocycles. The molecule has 0 saturated carbocycles. The van der Waals surface area contributed by atoms with Crippen LogP contribution in [0.25, 0.3) is 11.8 Å². The molecule has 0 amide bonds. The first-order valence-electron chi connectivity index (χ1n) is 6.55. The van der Waals surface area contributed by atoms with Crippen molar-refractivity contribution in [1.29, 1.82) is 0 Å². The molecule has 0 radical (unpaired) electrons. The summed E-state index contributed by atoms with van der Waals surface area (Å²) in [4.78, 5) is 0. The highest BCUT2D eigenvalue weighted by Gasteiger charge is 2.07. The molecular weight excluding hydrogens is 230 g/mol. The fourth-order valence-corrected chi connectivity index (χ4v) is 2.45. The van der Waals surface area contributed by atoms with Gasteiger partial charge >= 0.3 is 0 Å². The summed E-state index contributed by atoms with van der Waals surface area (Å²) in [6, 6.07) is 17.0. The average Bonchev–Trinajstić information content (AvgIpc) is 2.60. The van der Waals surface area contributed by atoms with Crippen LogP contribution in [-0.2, 0) is 0 Å². The minimum atomic E-state index is 0.280. The zero-order valence-electron chi connectivity index (χ0n) is 11.0. The Kier molecular flexibility index (Phi) is 2.96. The van der Waals surface area contributed by atoms with Crippen molar-refractivity contribution >= 4 is 11.8 Å². The molecule has 3 rings (SSSR count). The standard InChI is InChI=1S/C18H17N/c1-13-6-8-14(9-7-13)15-10-11-18(19)17-5-3-2-4-16(17)12-15/h2-12,15H,19H2,1H3. The Labute approximate surface area is 113 Å². The molecule has 0 aromatic heterocycles. The highest BCUT2D eigenvalue weighted by molar-refractivity contribution is 5.59. The molecule has 1 atom stereocenters. The minimum absolute atomic E-state index is 0.280. The van der Waals surface area contributed by atoms with Crippen LogP contribution < -0.4 is 16.2 Å². The van der Waals surface area contributed by atoms with Crippen molar-refractivity contribution < 1.29 is 0 Å². The van der Waals surface area contributed by atoms with E-state index in [2.05, 4.69) is 61.5 Å². The van der Waals surface area contributed by atoms with Crippen molar-refractivity contribution in [2.24, 2.45) is 5.73 Å². The van der Waals surface area contributed by atoms with Crippen molar-refractivity contribution in [3.63, 3.8) is 0 Å². The van der Waals surface area contributed by atoms with E-state index in [1.54, 1.807) is 0 Å². The molecule has 0 bridgehead atoms. The van der Waals surface area contributed by atoms with Crippen molar-refractivity contribution in [2.45, 2.75) is 12.8 Å². The molecule has 1 aliphatic rings. The Bertz CT molecular complexity index is 736. The van der Waals surface area contributed by atoms with Gasteiger partial charge in [0.1, 0.15) is 0 Å². The Morgan fingerprint density at radius 3 is 2.47 bits per heavy atom. The molecule has 1 aliphatic carbocycles. The predicted molar refractivity (Wildman–Crippen MR) is 80.8 cm³/mol. The SMILES string of the molecule is Cc1ccc(C2C=CC(N)=c3ccccc3=C2)cc1. The van der Waals surface area contributed by atoms with Gasteiger partial charge in [0.25, 0.3) is 0 Å². The highest BCUT2D eigenvalue weighted by atomic mass is 14.6. The highest BCUT2D eigenvalue weighted by Crippen LogP contribution is 2.20. The molecule has 2 N–H and O–H groups in total. The minimum Gasteiger partial charge on any atom is -0.398 e. The van der Waals surface area contributed by atoms with Crippen molar-refractivity contribution in [3.8, 4) is 0 Å². The van der Waals surface area contributed by atoms with Crippen LogP contribution in [0.1, 0.15) is 17.0 Å². The second-order valence-corrected chi connectivity index (χ2v) is 5.00. The molecule has 19 heavy (non-hydrogen) atoms. The Morgan fingerprint density at radius 1 is 0.947 bits per heavy atom. The number of rotatable bonds is 1. The van der Waals surface area contributed by atoms with Gasteiger partial charge in [-0.15, -0.1) is 0 Å².